The molecule has 1 N–H and O–H groups in total. The lowest BCUT2D eigenvalue weighted by Crippen LogP contribution is -2.08. The van der Waals surface area contributed by atoms with Gasteiger partial charge < -0.3 is 9.94 Å². The van der Waals surface area contributed by atoms with E-state index in [2.05, 4.69) is 19.0 Å². The zero-order chi connectivity index (χ0) is 12.1. The van der Waals surface area contributed by atoms with Gasteiger partial charge in [0.2, 0.25) is 0 Å². The molecule has 0 fully saturated rings. The summed E-state index contributed by atoms with van der Waals surface area (Å²) in [5.41, 5.74) is 1.21. The lowest BCUT2D eigenvalue weighted by molar-refractivity contribution is 0.270. The predicted octanol–water partition coefficient (Wildman–Crippen LogP) is 3.57. The molecule has 0 saturated carbocycles. The van der Waals surface area contributed by atoms with Crippen LogP contribution in [0.3, 0.4) is 0 Å². The molecule has 16 heavy (non-hydrogen) atoms. The van der Waals surface area contributed by atoms with Gasteiger partial charge in [-0.3, -0.25) is 0 Å². The molecule has 1 aromatic carbocycles. The van der Waals surface area contributed by atoms with Crippen molar-refractivity contribution in [3.8, 4) is 5.75 Å². The molecular formula is C12H16ClNO2. The number of nitrogens with zero attached hydrogens (tertiary/aromatic N) is 1. The number of hydrogen-bond acceptors (Lipinski definition) is 3. The van der Waals surface area contributed by atoms with Crippen molar-refractivity contribution in [2.24, 2.45) is 11.1 Å². The fraction of sp³-hybridized carbons (Fsp3) is 0.417. The largest absolute Gasteiger partial charge is 0.493 e. The number of halogens is 1. The summed E-state index contributed by atoms with van der Waals surface area (Å²) in [4.78, 5) is 0. The van der Waals surface area contributed by atoms with Crippen LogP contribution in [-0.4, -0.2) is 17.5 Å². The van der Waals surface area contributed by atoms with Crippen LogP contribution >= 0.6 is 11.6 Å². The fourth-order valence-corrected chi connectivity index (χ4v) is 1.39. The maximum absolute atomic E-state index is 8.77. The Morgan fingerprint density at radius 3 is 2.75 bits per heavy atom. The number of benzene rings is 1. The first-order valence-corrected chi connectivity index (χ1v) is 5.53. The van der Waals surface area contributed by atoms with Gasteiger partial charge >= 0.3 is 0 Å². The molecule has 1 rings (SSSR count). The van der Waals surface area contributed by atoms with Gasteiger partial charge in [0.1, 0.15) is 5.75 Å². The summed E-state index contributed by atoms with van der Waals surface area (Å²) in [6, 6.07) is 5.27. The van der Waals surface area contributed by atoms with E-state index < -0.39 is 0 Å². The second kappa shape index (κ2) is 5.75. The summed E-state index contributed by atoms with van der Waals surface area (Å²) >= 11 is 5.89. The third kappa shape index (κ3) is 3.42. The smallest absolute Gasteiger partial charge is 0.128 e. The molecule has 1 aromatic rings. The molecule has 0 aliphatic carbocycles. The molecule has 0 aliphatic heterocycles. The summed E-state index contributed by atoms with van der Waals surface area (Å²) in [6.07, 6.45) is 0. The number of oxime groups is 1. The van der Waals surface area contributed by atoms with Gasteiger partial charge in [0.25, 0.3) is 0 Å². The van der Waals surface area contributed by atoms with Crippen LogP contribution in [0.4, 0.5) is 0 Å². The van der Waals surface area contributed by atoms with Crippen LogP contribution in [0.5, 0.6) is 5.75 Å². The maximum atomic E-state index is 8.77. The molecule has 0 amide bonds. The number of rotatable bonds is 4. The Balaban J connectivity index is 2.98. The summed E-state index contributed by atoms with van der Waals surface area (Å²) in [7, 11) is 0. The topological polar surface area (TPSA) is 41.8 Å². The van der Waals surface area contributed by atoms with Crippen molar-refractivity contribution in [1.82, 2.24) is 0 Å². The van der Waals surface area contributed by atoms with Crippen molar-refractivity contribution in [3.63, 3.8) is 0 Å². The van der Waals surface area contributed by atoms with E-state index in [0.717, 1.165) is 5.56 Å². The molecule has 0 aromatic heterocycles. The molecule has 88 valence electrons. The van der Waals surface area contributed by atoms with E-state index in [9.17, 15) is 0 Å². The van der Waals surface area contributed by atoms with Gasteiger partial charge in [-0.25, -0.2) is 0 Å². The molecule has 0 saturated heterocycles. The zero-order valence-electron chi connectivity index (χ0n) is 9.70. The lowest BCUT2D eigenvalue weighted by Gasteiger charge is -2.12. The Morgan fingerprint density at radius 2 is 2.19 bits per heavy atom. The Labute approximate surface area is 101 Å². The van der Waals surface area contributed by atoms with Crippen molar-refractivity contribution in [2.75, 3.05) is 6.61 Å². The molecule has 0 spiro atoms. The first kappa shape index (κ1) is 12.8. The third-order valence-electron chi connectivity index (χ3n) is 2.05. The molecule has 0 aliphatic rings. The number of ether oxygens (including phenoxy) is 1. The second-order valence-electron chi connectivity index (χ2n) is 4.03. The van der Waals surface area contributed by atoms with Gasteiger partial charge in [0.05, 0.1) is 12.3 Å². The first-order valence-electron chi connectivity index (χ1n) is 5.16. The van der Waals surface area contributed by atoms with Crippen LogP contribution < -0.4 is 4.74 Å². The minimum atomic E-state index is 0.440. The quantitative estimate of drug-likeness (QED) is 0.497. The van der Waals surface area contributed by atoms with Gasteiger partial charge in [0, 0.05) is 10.6 Å². The summed E-state index contributed by atoms with van der Waals surface area (Å²) in [6.45, 7) is 6.46. The Morgan fingerprint density at radius 1 is 1.50 bits per heavy atom. The van der Waals surface area contributed by atoms with Gasteiger partial charge in [-0.2, -0.15) is 0 Å². The second-order valence-corrected chi connectivity index (χ2v) is 4.47. The van der Waals surface area contributed by atoms with Crippen LogP contribution in [0.2, 0.25) is 5.02 Å². The van der Waals surface area contributed by atoms with Crippen LogP contribution in [0.15, 0.2) is 23.4 Å². The van der Waals surface area contributed by atoms with Crippen molar-refractivity contribution in [1.29, 1.82) is 0 Å². The number of hydrogen-bond donors (Lipinski definition) is 1. The molecule has 0 atom stereocenters. The fourth-order valence-electron chi connectivity index (χ4n) is 1.22. The summed E-state index contributed by atoms with van der Waals surface area (Å²) < 4.78 is 5.63. The molecule has 3 nitrogen and oxygen atoms in total. The molecule has 0 radical (unpaired) electrons. The van der Waals surface area contributed by atoms with E-state index in [0.29, 0.717) is 29.0 Å². The standard InChI is InChI=1S/C12H16ClNO2/c1-8(2)7-16-12-5-4-10(13)6-11(12)9(3)14-15/h4-6,8,15H,7H2,1-3H3/b14-9+. The summed E-state index contributed by atoms with van der Waals surface area (Å²) in [5, 5.41) is 12.5. The highest BCUT2D eigenvalue weighted by atomic mass is 35.5. The molecule has 0 unspecified atom stereocenters. The lowest BCUT2D eigenvalue weighted by atomic mass is 10.1. The Hall–Kier alpha value is -1.22. The van der Waals surface area contributed by atoms with E-state index in [-0.39, 0.29) is 0 Å². The van der Waals surface area contributed by atoms with Crippen LogP contribution in [0.1, 0.15) is 26.3 Å². The van der Waals surface area contributed by atoms with Gasteiger partial charge in [-0.1, -0.05) is 30.6 Å². The van der Waals surface area contributed by atoms with E-state index in [1.54, 1.807) is 25.1 Å². The highest BCUT2D eigenvalue weighted by Gasteiger charge is 2.09. The van der Waals surface area contributed by atoms with E-state index >= 15 is 0 Å². The highest BCUT2D eigenvalue weighted by molar-refractivity contribution is 6.31. The Kier molecular flexibility index (Phi) is 4.62. The minimum Gasteiger partial charge on any atom is -0.493 e. The maximum Gasteiger partial charge on any atom is 0.128 e. The highest BCUT2D eigenvalue weighted by Crippen LogP contribution is 2.24. The molecular weight excluding hydrogens is 226 g/mol. The van der Waals surface area contributed by atoms with Crippen LogP contribution in [-0.2, 0) is 0 Å². The summed E-state index contributed by atoms with van der Waals surface area (Å²) in [5.74, 6) is 1.13. The Bertz CT molecular complexity index is 389. The van der Waals surface area contributed by atoms with Crippen molar-refractivity contribution >= 4 is 17.3 Å². The van der Waals surface area contributed by atoms with E-state index in [1.165, 1.54) is 0 Å². The predicted molar refractivity (Wildman–Crippen MR) is 65.8 cm³/mol. The van der Waals surface area contributed by atoms with Crippen molar-refractivity contribution in [2.45, 2.75) is 20.8 Å². The molecule has 0 heterocycles. The third-order valence-corrected chi connectivity index (χ3v) is 2.29. The molecule has 4 heteroatoms. The van der Waals surface area contributed by atoms with E-state index in [1.807, 2.05) is 0 Å². The molecule has 0 bridgehead atoms. The SMILES string of the molecule is C/C(=N\O)c1cc(Cl)ccc1OCC(C)C. The average molecular weight is 242 g/mol. The van der Waals surface area contributed by atoms with Gasteiger partial charge in [0.15, 0.2) is 0 Å². The first-order chi connectivity index (χ1) is 7.54. The van der Waals surface area contributed by atoms with Crippen LogP contribution in [0.25, 0.3) is 0 Å². The van der Waals surface area contributed by atoms with Gasteiger partial charge in [-0.15, -0.1) is 0 Å². The average Bonchev–Trinajstić information content (AvgIpc) is 2.26. The van der Waals surface area contributed by atoms with Crippen molar-refractivity contribution in [3.05, 3.63) is 28.8 Å². The van der Waals surface area contributed by atoms with Gasteiger partial charge in [-0.05, 0) is 31.0 Å². The minimum absolute atomic E-state index is 0.440. The van der Waals surface area contributed by atoms with Crippen molar-refractivity contribution < 1.29 is 9.94 Å². The normalized spacial score (nSPS) is 11.9. The van der Waals surface area contributed by atoms with Crippen LogP contribution in [0, 0.1) is 5.92 Å². The van der Waals surface area contributed by atoms with E-state index in [4.69, 9.17) is 21.5 Å². The zero-order valence-corrected chi connectivity index (χ0v) is 10.5. The monoisotopic (exact) mass is 241 g/mol.